The van der Waals surface area contributed by atoms with E-state index in [1.165, 1.54) is 4.90 Å². The number of amides is 2. The van der Waals surface area contributed by atoms with Crippen LogP contribution in [-0.4, -0.2) is 53.4 Å². The van der Waals surface area contributed by atoms with E-state index in [0.717, 1.165) is 0 Å². The molecule has 0 radical (unpaired) electrons. The maximum Gasteiger partial charge on any atom is 0.368 e. The van der Waals surface area contributed by atoms with Crippen molar-refractivity contribution in [1.82, 2.24) is 4.90 Å². The number of hydrogen-bond donors (Lipinski definition) is 1. The zero-order chi connectivity index (χ0) is 18.9. The Kier molecular flexibility index (Phi) is 5.43. The topological polar surface area (TPSA) is 93.4 Å². The predicted octanol–water partition coefficient (Wildman–Crippen LogP) is 0.574. The second-order valence-corrected chi connectivity index (χ2v) is 7.62. The lowest BCUT2D eigenvalue weighted by atomic mass is 9.78. The molecular formula is C18H25N2O5S+. The summed E-state index contributed by atoms with van der Waals surface area (Å²) in [6.45, 7) is 4.06. The Morgan fingerprint density at radius 3 is 2.73 bits per heavy atom. The molecular weight excluding hydrogens is 356 g/mol. The van der Waals surface area contributed by atoms with Crippen molar-refractivity contribution < 1.29 is 28.9 Å². The van der Waals surface area contributed by atoms with Crippen LogP contribution in [0.5, 0.6) is 0 Å². The highest BCUT2D eigenvalue weighted by Crippen LogP contribution is 2.46. The van der Waals surface area contributed by atoms with Gasteiger partial charge in [0.15, 0.2) is 11.8 Å². The number of thioether (sulfide) groups is 1. The molecule has 1 aromatic heterocycles. The highest BCUT2D eigenvalue weighted by molar-refractivity contribution is 7.98. The molecule has 0 spiro atoms. The number of furan rings is 1. The Balaban J connectivity index is 2.10. The SMILES string of the molecule is CCOC(=O)[C@]1(CCSC)[NH2+][C@H](c2ccco2)[C@@H]2C(=O)N(CC)C(=O)[C@H]21. The van der Waals surface area contributed by atoms with Crippen molar-refractivity contribution in [3.63, 3.8) is 0 Å². The first kappa shape index (κ1) is 19.0. The highest BCUT2D eigenvalue weighted by atomic mass is 32.2. The summed E-state index contributed by atoms with van der Waals surface area (Å²) in [7, 11) is 0. The van der Waals surface area contributed by atoms with Crippen LogP contribution in [0, 0.1) is 11.8 Å². The van der Waals surface area contributed by atoms with E-state index in [-0.39, 0.29) is 18.4 Å². The largest absolute Gasteiger partial charge is 0.463 e. The standard InChI is InChI=1S/C18H24N2O5S/c1-4-20-15(21)12-13(16(20)22)18(8-10-26-3,17(23)24-5-2)19-14(12)11-7-6-9-25-11/h6-7,9,12-14,19H,4-5,8,10H2,1-3H3/p+1/t12-,13+,14-,18-/m1/s1. The molecule has 0 unspecified atom stereocenters. The van der Waals surface area contributed by atoms with Gasteiger partial charge < -0.3 is 14.5 Å². The van der Waals surface area contributed by atoms with Crippen LogP contribution in [0.15, 0.2) is 22.8 Å². The molecule has 0 aromatic carbocycles. The van der Waals surface area contributed by atoms with Gasteiger partial charge in [-0.25, -0.2) is 4.79 Å². The zero-order valence-electron chi connectivity index (χ0n) is 15.3. The van der Waals surface area contributed by atoms with E-state index in [9.17, 15) is 14.4 Å². The van der Waals surface area contributed by atoms with Gasteiger partial charge in [-0.15, -0.1) is 0 Å². The van der Waals surface area contributed by atoms with Gasteiger partial charge in [0.1, 0.15) is 11.8 Å². The summed E-state index contributed by atoms with van der Waals surface area (Å²) in [5, 5.41) is 1.85. The van der Waals surface area contributed by atoms with Crippen molar-refractivity contribution in [2.75, 3.05) is 25.2 Å². The molecule has 7 nitrogen and oxygen atoms in total. The zero-order valence-corrected chi connectivity index (χ0v) is 16.1. The first-order chi connectivity index (χ1) is 12.5. The fraction of sp³-hybridized carbons (Fsp3) is 0.611. The van der Waals surface area contributed by atoms with Gasteiger partial charge in [-0.1, -0.05) is 0 Å². The van der Waals surface area contributed by atoms with Gasteiger partial charge in [0, 0.05) is 13.0 Å². The van der Waals surface area contributed by atoms with E-state index >= 15 is 0 Å². The number of ether oxygens (including phenoxy) is 1. The summed E-state index contributed by atoms with van der Waals surface area (Å²) in [5.74, 6) is -0.961. The van der Waals surface area contributed by atoms with Crippen molar-refractivity contribution in [1.29, 1.82) is 0 Å². The van der Waals surface area contributed by atoms with Gasteiger partial charge in [-0.3, -0.25) is 14.5 Å². The van der Waals surface area contributed by atoms with Crippen molar-refractivity contribution in [2.45, 2.75) is 31.8 Å². The minimum atomic E-state index is -1.10. The van der Waals surface area contributed by atoms with E-state index in [0.29, 0.717) is 24.5 Å². The van der Waals surface area contributed by atoms with Crippen LogP contribution >= 0.6 is 11.8 Å². The minimum absolute atomic E-state index is 0.226. The fourth-order valence-corrected chi connectivity index (χ4v) is 4.85. The van der Waals surface area contributed by atoms with E-state index in [2.05, 4.69) is 0 Å². The second kappa shape index (κ2) is 7.44. The Bertz CT molecular complexity index is 692. The molecule has 1 aromatic rings. The van der Waals surface area contributed by atoms with Crippen LogP contribution in [0.4, 0.5) is 0 Å². The highest BCUT2D eigenvalue weighted by Gasteiger charge is 2.72. The summed E-state index contributed by atoms with van der Waals surface area (Å²) in [5.41, 5.74) is -1.10. The third-order valence-electron chi connectivity index (χ3n) is 5.42. The Labute approximate surface area is 156 Å². The number of likely N-dealkylation sites (tertiary alicyclic amines) is 1. The number of carbonyl (C=O) groups excluding carboxylic acids is 3. The van der Waals surface area contributed by atoms with Gasteiger partial charge in [-0.2, -0.15) is 11.8 Å². The third-order valence-corrected chi connectivity index (χ3v) is 6.04. The molecule has 142 valence electrons. The summed E-state index contributed by atoms with van der Waals surface area (Å²) in [4.78, 5) is 40.3. The Morgan fingerprint density at radius 2 is 2.15 bits per heavy atom. The fourth-order valence-electron chi connectivity index (χ4n) is 4.31. The molecule has 2 saturated heterocycles. The summed E-state index contributed by atoms with van der Waals surface area (Å²) < 4.78 is 10.9. The third kappa shape index (κ3) is 2.75. The van der Waals surface area contributed by atoms with Crippen LogP contribution in [0.3, 0.4) is 0 Å². The molecule has 2 aliphatic heterocycles. The molecule has 3 rings (SSSR count). The minimum Gasteiger partial charge on any atom is -0.463 e. The predicted molar refractivity (Wildman–Crippen MR) is 95.1 cm³/mol. The van der Waals surface area contributed by atoms with E-state index < -0.39 is 29.4 Å². The number of fused-ring (bicyclic) bond motifs is 1. The first-order valence-electron chi connectivity index (χ1n) is 8.92. The monoisotopic (exact) mass is 381 g/mol. The Hall–Kier alpha value is -1.80. The lowest BCUT2D eigenvalue weighted by molar-refractivity contribution is -0.736. The van der Waals surface area contributed by atoms with Crippen molar-refractivity contribution >= 4 is 29.5 Å². The molecule has 2 amide bonds. The van der Waals surface area contributed by atoms with Gasteiger partial charge in [0.2, 0.25) is 17.4 Å². The summed E-state index contributed by atoms with van der Waals surface area (Å²) in [6.07, 6.45) is 3.96. The van der Waals surface area contributed by atoms with Gasteiger partial charge in [0.25, 0.3) is 0 Å². The van der Waals surface area contributed by atoms with Gasteiger partial charge in [0.05, 0.1) is 12.9 Å². The molecule has 2 aliphatic rings. The molecule has 8 heteroatoms. The normalized spacial score (nSPS) is 30.7. The number of esters is 1. The number of quaternary nitrogens is 1. The first-order valence-corrected chi connectivity index (χ1v) is 10.3. The molecule has 2 N–H and O–H groups in total. The van der Waals surface area contributed by atoms with Gasteiger partial charge >= 0.3 is 5.97 Å². The maximum atomic E-state index is 13.1. The average molecular weight is 381 g/mol. The number of nitrogens with two attached hydrogens (primary N) is 1. The second-order valence-electron chi connectivity index (χ2n) is 6.64. The van der Waals surface area contributed by atoms with E-state index in [1.807, 2.05) is 11.6 Å². The van der Waals surface area contributed by atoms with Crippen LogP contribution in [0.25, 0.3) is 0 Å². The molecule has 0 aliphatic carbocycles. The summed E-state index contributed by atoms with van der Waals surface area (Å²) >= 11 is 1.60. The smallest absolute Gasteiger partial charge is 0.368 e. The molecule has 3 heterocycles. The number of nitrogens with zero attached hydrogens (tertiary/aromatic N) is 1. The van der Waals surface area contributed by atoms with Crippen LogP contribution in [0.2, 0.25) is 0 Å². The van der Waals surface area contributed by atoms with Crippen molar-refractivity contribution in [3.8, 4) is 0 Å². The maximum absolute atomic E-state index is 13.1. The van der Waals surface area contributed by atoms with Crippen LogP contribution in [-0.2, 0) is 19.1 Å². The average Bonchev–Trinajstić information content (AvgIpc) is 3.31. The molecule has 0 bridgehead atoms. The number of rotatable bonds is 7. The molecule has 4 atom stereocenters. The van der Waals surface area contributed by atoms with Crippen LogP contribution < -0.4 is 5.32 Å². The number of hydrogen-bond acceptors (Lipinski definition) is 6. The summed E-state index contributed by atoms with van der Waals surface area (Å²) in [6, 6.07) is 3.14. The molecule has 26 heavy (non-hydrogen) atoms. The van der Waals surface area contributed by atoms with Crippen molar-refractivity contribution in [2.24, 2.45) is 11.8 Å². The number of carbonyl (C=O) groups is 3. The van der Waals surface area contributed by atoms with Crippen LogP contribution in [0.1, 0.15) is 32.1 Å². The van der Waals surface area contributed by atoms with E-state index in [4.69, 9.17) is 9.15 Å². The Morgan fingerprint density at radius 1 is 1.38 bits per heavy atom. The van der Waals surface area contributed by atoms with Gasteiger partial charge in [-0.05, 0) is 38.0 Å². The molecule has 0 saturated carbocycles. The lowest BCUT2D eigenvalue weighted by Gasteiger charge is -2.29. The van der Waals surface area contributed by atoms with E-state index in [1.54, 1.807) is 44.0 Å². The number of imide groups is 1. The molecule has 2 fully saturated rings. The quantitative estimate of drug-likeness (QED) is 0.548. The van der Waals surface area contributed by atoms with Crippen molar-refractivity contribution in [3.05, 3.63) is 24.2 Å². The lowest BCUT2D eigenvalue weighted by Crippen LogP contribution is -2.98.